The fraction of sp³-hybridized carbons (Fsp3) is 0.0556. The molecule has 0 saturated heterocycles. The first kappa shape index (κ1) is 21.3. The van der Waals surface area contributed by atoms with Crippen molar-refractivity contribution in [1.82, 2.24) is 4.98 Å². The second-order valence-corrected chi connectivity index (χ2v) is 6.69. The number of nitrogens with two attached hydrogens (primary N) is 1. The van der Waals surface area contributed by atoms with Crippen LogP contribution in [0.5, 0.6) is 0 Å². The number of rotatable bonds is 5. The Morgan fingerprint density at radius 3 is 2.46 bits per heavy atom. The summed E-state index contributed by atoms with van der Waals surface area (Å²) in [5.74, 6) is -2.46. The van der Waals surface area contributed by atoms with Gasteiger partial charge in [-0.3, -0.25) is 15.0 Å². The smallest absolute Gasteiger partial charge is 0.259 e. The van der Waals surface area contributed by atoms with Crippen LogP contribution >= 0.6 is 22.9 Å². The number of nitrogens with one attached hydrogen (secondary N) is 3. The van der Waals surface area contributed by atoms with Gasteiger partial charge in [0.2, 0.25) is 0 Å². The van der Waals surface area contributed by atoms with Gasteiger partial charge in [-0.05, 0) is 18.2 Å². The van der Waals surface area contributed by atoms with E-state index in [0.717, 1.165) is 29.7 Å². The Kier molecular flexibility index (Phi) is 6.32. The van der Waals surface area contributed by atoms with Crippen LogP contribution in [0.2, 0.25) is 5.02 Å². The van der Waals surface area contributed by atoms with Crippen LogP contribution in [0, 0.1) is 17.0 Å². The number of aromatic nitrogens is 1. The number of carbonyl (C=O) groups excluding carboxylic acids is 1. The van der Waals surface area contributed by atoms with Crippen molar-refractivity contribution >= 4 is 45.9 Å². The molecular formula is C18H15ClF2N4O2S. The quantitative estimate of drug-likeness (QED) is 0.459. The van der Waals surface area contributed by atoms with Crippen LogP contribution in [0.1, 0.15) is 28.2 Å². The average molecular weight is 425 g/mol. The van der Waals surface area contributed by atoms with Crippen molar-refractivity contribution in [2.75, 3.05) is 5.32 Å². The van der Waals surface area contributed by atoms with E-state index in [-0.39, 0.29) is 39.9 Å². The predicted molar refractivity (Wildman–Crippen MR) is 107 cm³/mol. The summed E-state index contributed by atoms with van der Waals surface area (Å²) in [5, 5.41) is 12.2. The Hall–Kier alpha value is -3.04. The van der Waals surface area contributed by atoms with Gasteiger partial charge >= 0.3 is 0 Å². The number of primary amides is 1. The highest BCUT2D eigenvalue weighted by molar-refractivity contribution is 7.12. The fourth-order valence-corrected chi connectivity index (χ4v) is 3.30. The molecule has 0 radical (unpaired) electrons. The first-order chi connectivity index (χ1) is 12.8. The van der Waals surface area contributed by atoms with Gasteiger partial charge < -0.3 is 16.0 Å². The SMILES string of the molecule is C.N=C(c1csc(C(N)=O)c1)c1c(Nc2c(F)cccc2F)c(Cl)c[nH]c1=O. The third kappa shape index (κ3) is 3.95. The standard InChI is InChI=1S/C17H11ClF2N4O2S.CH4/c18-8-5-23-17(26)12(13(21)7-4-11(16(22)25)27-6-7)14(8)24-15-9(19)2-1-3-10(15)20;/h1-6,21H,(H2,22,25)(H2,23,24,26);1H4. The lowest BCUT2D eigenvalue weighted by Crippen LogP contribution is -2.21. The topological polar surface area (TPSA) is 112 Å². The minimum absolute atomic E-state index is 0. The molecule has 28 heavy (non-hydrogen) atoms. The Labute approximate surface area is 167 Å². The maximum absolute atomic E-state index is 14.0. The number of anilines is 2. The van der Waals surface area contributed by atoms with Gasteiger partial charge in [-0.1, -0.05) is 25.1 Å². The molecule has 3 aromatic rings. The molecule has 0 aliphatic rings. The molecule has 3 rings (SSSR count). The molecule has 1 amide bonds. The summed E-state index contributed by atoms with van der Waals surface area (Å²) >= 11 is 7.10. The number of thiophene rings is 1. The summed E-state index contributed by atoms with van der Waals surface area (Å²) in [6.45, 7) is 0. The number of halogens is 3. The summed E-state index contributed by atoms with van der Waals surface area (Å²) in [4.78, 5) is 26.1. The number of pyridine rings is 1. The lowest BCUT2D eigenvalue weighted by atomic mass is 10.0. The van der Waals surface area contributed by atoms with Gasteiger partial charge in [0.05, 0.1) is 26.9 Å². The van der Waals surface area contributed by atoms with Crippen LogP contribution in [0.3, 0.4) is 0 Å². The van der Waals surface area contributed by atoms with Gasteiger partial charge in [-0.2, -0.15) is 0 Å². The second-order valence-electron chi connectivity index (χ2n) is 5.38. The van der Waals surface area contributed by atoms with Gasteiger partial charge in [-0.25, -0.2) is 8.78 Å². The molecule has 0 spiro atoms. The van der Waals surface area contributed by atoms with E-state index in [1.807, 2.05) is 0 Å². The van der Waals surface area contributed by atoms with Crippen molar-refractivity contribution in [3.8, 4) is 0 Å². The molecule has 2 heterocycles. The molecule has 5 N–H and O–H groups in total. The Morgan fingerprint density at radius 1 is 1.25 bits per heavy atom. The van der Waals surface area contributed by atoms with E-state index in [9.17, 15) is 18.4 Å². The molecular weight excluding hydrogens is 410 g/mol. The molecule has 0 aliphatic carbocycles. The molecule has 0 saturated carbocycles. The van der Waals surface area contributed by atoms with Crippen molar-refractivity contribution in [1.29, 1.82) is 5.41 Å². The number of amides is 1. The number of para-hydroxylation sites is 1. The first-order valence-corrected chi connectivity index (χ1v) is 8.65. The van der Waals surface area contributed by atoms with Crippen LogP contribution in [0.4, 0.5) is 20.2 Å². The molecule has 0 atom stereocenters. The van der Waals surface area contributed by atoms with Gasteiger partial charge in [-0.15, -0.1) is 11.3 Å². The predicted octanol–water partition coefficient (Wildman–Crippen LogP) is 4.26. The Balaban J connectivity index is 0.00000280. The van der Waals surface area contributed by atoms with Gasteiger partial charge in [0, 0.05) is 17.1 Å². The third-order valence-corrected chi connectivity index (χ3v) is 4.88. The van der Waals surface area contributed by atoms with E-state index in [1.54, 1.807) is 0 Å². The summed E-state index contributed by atoms with van der Waals surface area (Å²) in [7, 11) is 0. The maximum Gasteiger partial charge on any atom is 0.259 e. The van der Waals surface area contributed by atoms with Gasteiger partial charge in [0.1, 0.15) is 17.3 Å². The molecule has 1 aromatic carbocycles. The summed E-state index contributed by atoms with van der Waals surface area (Å²) in [6, 6.07) is 4.61. The summed E-state index contributed by atoms with van der Waals surface area (Å²) < 4.78 is 28.0. The number of H-pyrrole nitrogens is 1. The number of hydrogen-bond donors (Lipinski definition) is 4. The summed E-state index contributed by atoms with van der Waals surface area (Å²) in [6.07, 6.45) is 1.14. The number of aromatic amines is 1. The monoisotopic (exact) mass is 424 g/mol. The van der Waals surface area contributed by atoms with E-state index < -0.39 is 28.8 Å². The molecule has 6 nitrogen and oxygen atoms in total. The van der Waals surface area contributed by atoms with Crippen molar-refractivity contribution in [2.45, 2.75) is 7.43 Å². The van der Waals surface area contributed by atoms with Crippen LogP contribution in [0.25, 0.3) is 0 Å². The lowest BCUT2D eigenvalue weighted by molar-refractivity contribution is 0.100. The number of carbonyl (C=O) groups is 1. The molecule has 146 valence electrons. The number of benzene rings is 1. The zero-order valence-corrected chi connectivity index (χ0v) is 15.0. The minimum atomic E-state index is -0.893. The van der Waals surface area contributed by atoms with E-state index in [4.69, 9.17) is 22.7 Å². The van der Waals surface area contributed by atoms with Crippen LogP contribution in [-0.4, -0.2) is 16.6 Å². The molecule has 2 aromatic heterocycles. The van der Waals surface area contributed by atoms with Crippen molar-refractivity contribution in [3.63, 3.8) is 0 Å². The third-order valence-electron chi connectivity index (χ3n) is 3.64. The zero-order chi connectivity index (χ0) is 19.7. The molecule has 0 bridgehead atoms. The van der Waals surface area contributed by atoms with Gasteiger partial charge in [0.15, 0.2) is 0 Å². The van der Waals surface area contributed by atoms with Crippen LogP contribution in [0.15, 0.2) is 40.6 Å². The molecule has 0 unspecified atom stereocenters. The Morgan fingerprint density at radius 2 is 1.89 bits per heavy atom. The first-order valence-electron chi connectivity index (χ1n) is 7.39. The second kappa shape index (κ2) is 8.32. The van der Waals surface area contributed by atoms with E-state index in [0.29, 0.717) is 0 Å². The molecule has 10 heteroatoms. The van der Waals surface area contributed by atoms with Crippen molar-refractivity contribution in [2.24, 2.45) is 5.73 Å². The average Bonchev–Trinajstić information content (AvgIpc) is 3.11. The molecule has 0 fully saturated rings. The van der Waals surface area contributed by atoms with E-state index in [2.05, 4.69) is 10.3 Å². The van der Waals surface area contributed by atoms with Crippen molar-refractivity contribution < 1.29 is 13.6 Å². The van der Waals surface area contributed by atoms with Crippen LogP contribution in [-0.2, 0) is 0 Å². The minimum Gasteiger partial charge on any atom is -0.365 e. The largest absolute Gasteiger partial charge is 0.365 e. The Bertz CT molecular complexity index is 1110. The highest BCUT2D eigenvalue weighted by Crippen LogP contribution is 2.31. The molecule has 0 aliphatic heterocycles. The highest BCUT2D eigenvalue weighted by Gasteiger charge is 2.21. The summed E-state index contributed by atoms with van der Waals surface area (Å²) in [5.41, 5.74) is 3.56. The fourth-order valence-electron chi connectivity index (χ4n) is 2.35. The normalized spacial score (nSPS) is 10.2. The number of hydrogen-bond acceptors (Lipinski definition) is 5. The van der Waals surface area contributed by atoms with Gasteiger partial charge in [0.25, 0.3) is 11.5 Å². The highest BCUT2D eigenvalue weighted by atomic mass is 35.5. The van der Waals surface area contributed by atoms with E-state index in [1.165, 1.54) is 17.5 Å². The maximum atomic E-state index is 14.0. The van der Waals surface area contributed by atoms with E-state index >= 15 is 0 Å². The lowest BCUT2D eigenvalue weighted by Gasteiger charge is -2.14. The van der Waals surface area contributed by atoms with Crippen LogP contribution < -0.4 is 16.6 Å². The zero-order valence-electron chi connectivity index (χ0n) is 13.4. The van der Waals surface area contributed by atoms with Crippen molar-refractivity contribution in [3.05, 3.63) is 78.9 Å².